The lowest BCUT2D eigenvalue weighted by Crippen LogP contribution is -2.28. The van der Waals surface area contributed by atoms with E-state index in [1.807, 2.05) is 24.3 Å². The van der Waals surface area contributed by atoms with E-state index >= 15 is 0 Å². The minimum atomic E-state index is -0.533. The van der Waals surface area contributed by atoms with E-state index in [-0.39, 0.29) is 11.6 Å². The molecule has 1 aliphatic rings. The van der Waals surface area contributed by atoms with Crippen molar-refractivity contribution in [2.24, 2.45) is 0 Å². The van der Waals surface area contributed by atoms with Crippen molar-refractivity contribution in [1.82, 2.24) is 0 Å². The van der Waals surface area contributed by atoms with Crippen LogP contribution in [0.4, 0.5) is 10.1 Å². The molecular formula is C17H16FNO2. The summed E-state index contributed by atoms with van der Waals surface area (Å²) in [5.74, 6) is 0.179. The summed E-state index contributed by atoms with van der Waals surface area (Å²) in [6, 6.07) is 13.7. The molecular weight excluding hydrogens is 269 g/mol. The molecule has 0 saturated heterocycles. The monoisotopic (exact) mass is 285 g/mol. The third kappa shape index (κ3) is 2.49. The predicted octanol–water partition coefficient (Wildman–Crippen LogP) is 3.50. The Morgan fingerprint density at radius 2 is 1.81 bits per heavy atom. The number of amides is 1. The maximum atomic E-state index is 13.6. The van der Waals surface area contributed by atoms with E-state index in [0.717, 1.165) is 24.2 Å². The first-order valence-corrected chi connectivity index (χ1v) is 6.86. The molecule has 3 rings (SSSR count). The Labute approximate surface area is 122 Å². The first-order valence-electron chi connectivity index (χ1n) is 6.86. The van der Waals surface area contributed by atoms with Gasteiger partial charge in [0.2, 0.25) is 5.91 Å². The van der Waals surface area contributed by atoms with Gasteiger partial charge in [-0.3, -0.25) is 4.79 Å². The Balaban J connectivity index is 1.81. The lowest BCUT2D eigenvalue weighted by molar-refractivity contribution is -0.118. The maximum absolute atomic E-state index is 13.6. The molecule has 2 aromatic carbocycles. The molecule has 3 nitrogen and oxygen atoms in total. The van der Waals surface area contributed by atoms with Crippen LogP contribution in [0.5, 0.6) is 5.75 Å². The van der Waals surface area contributed by atoms with Crippen LogP contribution in [0, 0.1) is 5.82 Å². The lowest BCUT2D eigenvalue weighted by Gasteiger charge is -2.16. The minimum absolute atomic E-state index is 0.155. The van der Waals surface area contributed by atoms with Gasteiger partial charge in [-0.2, -0.15) is 0 Å². The zero-order valence-electron chi connectivity index (χ0n) is 11.7. The van der Waals surface area contributed by atoms with E-state index in [4.69, 9.17) is 4.74 Å². The average molecular weight is 285 g/mol. The standard InChI is InChI=1S/C17H16FNO2/c1-21-13-8-6-12(7-9-13)17(10-11-17)16(20)19-15-5-3-2-4-14(15)18/h2-9H,10-11H2,1H3,(H,19,20). The van der Waals surface area contributed by atoms with Gasteiger partial charge in [0.25, 0.3) is 0 Å². The van der Waals surface area contributed by atoms with Gasteiger partial charge < -0.3 is 10.1 Å². The smallest absolute Gasteiger partial charge is 0.235 e. The van der Waals surface area contributed by atoms with Crippen LogP contribution in [0.15, 0.2) is 48.5 Å². The average Bonchev–Trinajstić information content (AvgIpc) is 3.31. The summed E-state index contributed by atoms with van der Waals surface area (Å²) in [4.78, 5) is 12.5. The lowest BCUT2D eigenvalue weighted by atomic mass is 9.95. The molecule has 4 heteroatoms. The van der Waals surface area contributed by atoms with E-state index in [1.165, 1.54) is 6.07 Å². The Kier molecular flexibility index (Phi) is 3.37. The van der Waals surface area contributed by atoms with Gasteiger partial charge in [-0.15, -0.1) is 0 Å². The molecule has 0 bridgehead atoms. The van der Waals surface area contributed by atoms with Crippen LogP contribution in [0.3, 0.4) is 0 Å². The summed E-state index contributed by atoms with van der Waals surface area (Å²) in [6.07, 6.45) is 1.55. The largest absolute Gasteiger partial charge is 0.497 e. The van der Waals surface area contributed by atoms with Gasteiger partial charge in [0.05, 0.1) is 18.2 Å². The second kappa shape index (κ2) is 5.20. The quantitative estimate of drug-likeness (QED) is 0.933. The molecule has 1 aliphatic carbocycles. The molecule has 1 amide bonds. The third-order valence-corrected chi connectivity index (χ3v) is 3.95. The Morgan fingerprint density at radius 3 is 2.38 bits per heavy atom. The summed E-state index contributed by atoms with van der Waals surface area (Å²) < 4.78 is 18.8. The molecule has 0 spiro atoms. The zero-order chi connectivity index (χ0) is 14.9. The number of anilines is 1. The fraction of sp³-hybridized carbons (Fsp3) is 0.235. The van der Waals surface area contributed by atoms with Crippen LogP contribution in [-0.2, 0) is 10.2 Å². The molecule has 0 heterocycles. The number of para-hydroxylation sites is 1. The first-order chi connectivity index (χ1) is 10.2. The maximum Gasteiger partial charge on any atom is 0.235 e. The normalized spacial score (nSPS) is 15.3. The van der Waals surface area contributed by atoms with Crippen LogP contribution in [0.25, 0.3) is 0 Å². The Morgan fingerprint density at radius 1 is 1.14 bits per heavy atom. The van der Waals surface area contributed by atoms with Crippen molar-refractivity contribution in [3.05, 3.63) is 59.9 Å². The van der Waals surface area contributed by atoms with Crippen molar-refractivity contribution in [3.8, 4) is 5.75 Å². The molecule has 0 atom stereocenters. The van der Waals surface area contributed by atoms with E-state index in [1.54, 1.807) is 25.3 Å². The van der Waals surface area contributed by atoms with E-state index in [2.05, 4.69) is 5.32 Å². The highest BCUT2D eigenvalue weighted by atomic mass is 19.1. The van der Waals surface area contributed by atoms with Gasteiger partial charge in [-0.05, 0) is 42.7 Å². The number of halogens is 1. The molecule has 1 saturated carbocycles. The van der Waals surface area contributed by atoms with Crippen LogP contribution in [0.2, 0.25) is 0 Å². The summed E-state index contributed by atoms with van der Waals surface area (Å²) in [5, 5.41) is 2.69. The summed E-state index contributed by atoms with van der Waals surface area (Å²) in [5.41, 5.74) is 0.633. The fourth-order valence-corrected chi connectivity index (χ4v) is 2.49. The number of carbonyl (C=O) groups excluding carboxylic acids is 1. The molecule has 0 aliphatic heterocycles. The van der Waals surface area contributed by atoms with Crippen LogP contribution in [-0.4, -0.2) is 13.0 Å². The topological polar surface area (TPSA) is 38.3 Å². The van der Waals surface area contributed by atoms with Crippen molar-refractivity contribution in [2.45, 2.75) is 18.3 Å². The predicted molar refractivity (Wildman–Crippen MR) is 78.9 cm³/mol. The Bertz CT molecular complexity index is 663. The van der Waals surface area contributed by atoms with Gasteiger partial charge in [0.1, 0.15) is 11.6 Å². The highest BCUT2D eigenvalue weighted by Crippen LogP contribution is 2.49. The van der Waals surface area contributed by atoms with Gasteiger partial charge in [-0.1, -0.05) is 24.3 Å². The van der Waals surface area contributed by atoms with Crippen LogP contribution < -0.4 is 10.1 Å². The molecule has 0 radical (unpaired) electrons. The number of rotatable bonds is 4. The van der Waals surface area contributed by atoms with E-state index < -0.39 is 11.2 Å². The van der Waals surface area contributed by atoms with Gasteiger partial charge >= 0.3 is 0 Å². The molecule has 1 N–H and O–H groups in total. The number of benzene rings is 2. The number of carbonyl (C=O) groups is 1. The zero-order valence-corrected chi connectivity index (χ0v) is 11.7. The third-order valence-electron chi connectivity index (χ3n) is 3.95. The summed E-state index contributed by atoms with van der Waals surface area (Å²) in [6.45, 7) is 0. The SMILES string of the molecule is COc1ccc(C2(C(=O)Nc3ccccc3F)CC2)cc1. The Hall–Kier alpha value is -2.36. The number of hydrogen-bond donors (Lipinski definition) is 1. The summed E-state index contributed by atoms with van der Waals surface area (Å²) >= 11 is 0. The fourth-order valence-electron chi connectivity index (χ4n) is 2.49. The number of ether oxygens (including phenoxy) is 1. The number of methoxy groups -OCH3 is 1. The second-order valence-corrected chi connectivity index (χ2v) is 5.24. The van der Waals surface area contributed by atoms with Crippen molar-refractivity contribution in [1.29, 1.82) is 0 Å². The number of nitrogens with one attached hydrogen (secondary N) is 1. The molecule has 108 valence electrons. The number of hydrogen-bond acceptors (Lipinski definition) is 2. The van der Waals surface area contributed by atoms with Crippen molar-refractivity contribution >= 4 is 11.6 Å². The van der Waals surface area contributed by atoms with E-state index in [0.29, 0.717) is 0 Å². The first kappa shape index (κ1) is 13.6. The van der Waals surface area contributed by atoms with Crippen molar-refractivity contribution in [2.75, 3.05) is 12.4 Å². The minimum Gasteiger partial charge on any atom is -0.497 e. The molecule has 0 unspecified atom stereocenters. The van der Waals surface area contributed by atoms with Gasteiger partial charge in [0, 0.05) is 0 Å². The van der Waals surface area contributed by atoms with E-state index in [9.17, 15) is 9.18 Å². The molecule has 21 heavy (non-hydrogen) atoms. The highest BCUT2D eigenvalue weighted by molar-refractivity contribution is 6.01. The molecule has 0 aromatic heterocycles. The van der Waals surface area contributed by atoms with Crippen LogP contribution in [0.1, 0.15) is 18.4 Å². The summed E-state index contributed by atoms with van der Waals surface area (Å²) in [7, 11) is 1.60. The van der Waals surface area contributed by atoms with Crippen LogP contribution >= 0.6 is 0 Å². The molecule has 1 fully saturated rings. The highest BCUT2D eigenvalue weighted by Gasteiger charge is 2.51. The second-order valence-electron chi connectivity index (χ2n) is 5.24. The van der Waals surface area contributed by atoms with Crippen molar-refractivity contribution in [3.63, 3.8) is 0 Å². The molecule has 2 aromatic rings. The van der Waals surface area contributed by atoms with Gasteiger partial charge in [0.15, 0.2) is 0 Å². The van der Waals surface area contributed by atoms with Gasteiger partial charge in [-0.25, -0.2) is 4.39 Å². The van der Waals surface area contributed by atoms with Crippen molar-refractivity contribution < 1.29 is 13.9 Å².